The second-order valence-corrected chi connectivity index (χ2v) is 6.55. The summed E-state index contributed by atoms with van der Waals surface area (Å²) in [5.41, 5.74) is -0.136. The second kappa shape index (κ2) is 5.83. The quantitative estimate of drug-likeness (QED) is 0.820. The molecule has 1 heterocycles. The van der Waals surface area contributed by atoms with Crippen molar-refractivity contribution in [2.45, 2.75) is 37.2 Å². The smallest absolute Gasteiger partial charge is 0.380 e. The van der Waals surface area contributed by atoms with E-state index in [0.29, 0.717) is 10.9 Å². The molecule has 0 aliphatic carbocycles. The van der Waals surface area contributed by atoms with Crippen LogP contribution in [0, 0.1) is 0 Å². The van der Waals surface area contributed by atoms with Crippen LogP contribution in [-0.2, 0) is 6.18 Å². The fraction of sp³-hybridized carbons (Fsp3) is 0.538. The Bertz CT molecular complexity index is 450. The van der Waals surface area contributed by atoms with Gasteiger partial charge in [0.05, 0.1) is 16.3 Å². The number of anilines is 1. The Labute approximate surface area is 119 Å². The summed E-state index contributed by atoms with van der Waals surface area (Å²) in [6.07, 6.45) is -2.22. The fourth-order valence-corrected chi connectivity index (χ4v) is 3.50. The topological polar surface area (TPSA) is 12.0 Å². The Balaban J connectivity index is 2.13. The molecule has 1 saturated heterocycles. The van der Waals surface area contributed by atoms with E-state index in [1.807, 2.05) is 11.8 Å². The average Bonchev–Trinajstić information content (AvgIpc) is 2.33. The monoisotopic (exact) mass is 309 g/mol. The molecule has 1 aliphatic heterocycles. The van der Waals surface area contributed by atoms with Crippen molar-refractivity contribution in [3.05, 3.63) is 28.8 Å². The van der Waals surface area contributed by atoms with Crippen molar-refractivity contribution in [2.75, 3.05) is 11.1 Å². The normalized spacial score (nSPS) is 24.3. The zero-order valence-corrected chi connectivity index (χ0v) is 12.0. The van der Waals surface area contributed by atoms with E-state index in [4.69, 9.17) is 11.6 Å². The molecule has 1 nitrogen and oxygen atoms in total. The zero-order chi connectivity index (χ0) is 14.0. The number of thioether (sulfide) groups is 1. The summed E-state index contributed by atoms with van der Waals surface area (Å²) in [6, 6.07) is 3.71. The highest BCUT2D eigenvalue weighted by Crippen LogP contribution is 2.35. The minimum Gasteiger partial charge on any atom is -0.380 e. The number of halogens is 4. The van der Waals surface area contributed by atoms with Crippen molar-refractivity contribution in [2.24, 2.45) is 0 Å². The molecule has 0 spiro atoms. The molecule has 1 aromatic rings. The van der Waals surface area contributed by atoms with Crippen LogP contribution in [-0.4, -0.2) is 17.0 Å². The van der Waals surface area contributed by atoms with Crippen LogP contribution in [0.3, 0.4) is 0 Å². The SMILES string of the molecule is CC1SCCCC1Nc1ccc(C(F)(F)F)cc1Cl. The van der Waals surface area contributed by atoms with Gasteiger partial charge in [-0.2, -0.15) is 24.9 Å². The molecular weight excluding hydrogens is 295 g/mol. The van der Waals surface area contributed by atoms with E-state index in [2.05, 4.69) is 12.2 Å². The molecule has 6 heteroatoms. The molecule has 19 heavy (non-hydrogen) atoms. The van der Waals surface area contributed by atoms with Crippen LogP contribution in [0.4, 0.5) is 18.9 Å². The predicted molar refractivity (Wildman–Crippen MR) is 75.0 cm³/mol. The van der Waals surface area contributed by atoms with E-state index in [-0.39, 0.29) is 11.1 Å². The van der Waals surface area contributed by atoms with Crippen molar-refractivity contribution in [1.82, 2.24) is 0 Å². The molecule has 0 aromatic heterocycles. The first-order chi connectivity index (χ1) is 8.88. The molecule has 0 bridgehead atoms. The Kier molecular flexibility index (Phi) is 4.56. The third-order valence-electron chi connectivity index (χ3n) is 3.24. The summed E-state index contributed by atoms with van der Waals surface area (Å²) in [4.78, 5) is 0. The van der Waals surface area contributed by atoms with Gasteiger partial charge in [0, 0.05) is 11.3 Å². The number of nitrogens with one attached hydrogen (secondary N) is 1. The number of hydrogen-bond donors (Lipinski definition) is 1. The van der Waals surface area contributed by atoms with Crippen LogP contribution in [0.5, 0.6) is 0 Å². The van der Waals surface area contributed by atoms with Crippen LogP contribution in [0.25, 0.3) is 0 Å². The van der Waals surface area contributed by atoms with Gasteiger partial charge in [-0.15, -0.1) is 0 Å². The van der Waals surface area contributed by atoms with E-state index in [1.165, 1.54) is 6.07 Å². The molecule has 0 radical (unpaired) electrons. The Morgan fingerprint density at radius 1 is 1.37 bits per heavy atom. The number of hydrogen-bond acceptors (Lipinski definition) is 2. The average molecular weight is 310 g/mol. The number of rotatable bonds is 2. The van der Waals surface area contributed by atoms with Gasteiger partial charge in [-0.05, 0) is 36.8 Å². The van der Waals surface area contributed by atoms with Crippen LogP contribution in [0.1, 0.15) is 25.3 Å². The zero-order valence-electron chi connectivity index (χ0n) is 10.4. The van der Waals surface area contributed by atoms with E-state index < -0.39 is 11.7 Å². The Morgan fingerprint density at radius 2 is 2.11 bits per heavy atom. The Morgan fingerprint density at radius 3 is 2.68 bits per heavy atom. The van der Waals surface area contributed by atoms with Gasteiger partial charge in [-0.1, -0.05) is 18.5 Å². The first-order valence-electron chi connectivity index (χ1n) is 6.13. The summed E-state index contributed by atoms with van der Waals surface area (Å²) in [5.74, 6) is 1.14. The summed E-state index contributed by atoms with van der Waals surface area (Å²) < 4.78 is 37.6. The van der Waals surface area contributed by atoms with Gasteiger partial charge in [0.2, 0.25) is 0 Å². The van der Waals surface area contributed by atoms with Crippen molar-refractivity contribution < 1.29 is 13.2 Å². The van der Waals surface area contributed by atoms with Crippen molar-refractivity contribution in [3.8, 4) is 0 Å². The van der Waals surface area contributed by atoms with Crippen LogP contribution >= 0.6 is 23.4 Å². The maximum atomic E-state index is 12.5. The maximum Gasteiger partial charge on any atom is 0.416 e. The van der Waals surface area contributed by atoms with E-state index >= 15 is 0 Å². The summed E-state index contributed by atoms with van der Waals surface area (Å²) in [5, 5.41) is 3.82. The van der Waals surface area contributed by atoms with E-state index in [0.717, 1.165) is 30.7 Å². The molecule has 0 saturated carbocycles. The minimum atomic E-state index is -4.35. The third kappa shape index (κ3) is 3.72. The van der Waals surface area contributed by atoms with Crippen molar-refractivity contribution in [3.63, 3.8) is 0 Å². The summed E-state index contributed by atoms with van der Waals surface area (Å²) in [6.45, 7) is 2.12. The number of alkyl halides is 3. The molecule has 2 atom stereocenters. The third-order valence-corrected chi connectivity index (χ3v) is 4.94. The lowest BCUT2D eigenvalue weighted by molar-refractivity contribution is -0.137. The van der Waals surface area contributed by atoms with Crippen molar-refractivity contribution in [1.29, 1.82) is 0 Å². The standard InChI is InChI=1S/C13H15ClF3NS/c1-8-11(3-2-6-19-8)18-12-5-4-9(7-10(12)14)13(15,16)17/h4-5,7-8,11,18H,2-3,6H2,1H3. The minimum absolute atomic E-state index is 0.123. The lowest BCUT2D eigenvalue weighted by Gasteiger charge is -2.30. The van der Waals surface area contributed by atoms with E-state index in [9.17, 15) is 13.2 Å². The van der Waals surface area contributed by atoms with Gasteiger partial charge >= 0.3 is 6.18 Å². The van der Waals surface area contributed by atoms with Gasteiger partial charge in [-0.3, -0.25) is 0 Å². The van der Waals surface area contributed by atoms with Crippen molar-refractivity contribution >= 4 is 29.1 Å². The maximum absolute atomic E-state index is 12.5. The number of benzene rings is 1. The largest absolute Gasteiger partial charge is 0.416 e. The van der Waals surface area contributed by atoms with E-state index in [1.54, 1.807) is 0 Å². The first-order valence-corrected chi connectivity index (χ1v) is 7.55. The van der Waals surface area contributed by atoms with Crippen LogP contribution in [0.15, 0.2) is 18.2 Å². The lowest BCUT2D eigenvalue weighted by Crippen LogP contribution is -2.32. The van der Waals surface area contributed by atoms with Gasteiger partial charge in [0.15, 0.2) is 0 Å². The van der Waals surface area contributed by atoms with Crippen LogP contribution < -0.4 is 5.32 Å². The lowest BCUT2D eigenvalue weighted by atomic mass is 10.1. The molecule has 2 unspecified atom stereocenters. The molecule has 1 aliphatic rings. The highest BCUT2D eigenvalue weighted by atomic mass is 35.5. The molecule has 0 amide bonds. The van der Waals surface area contributed by atoms with Crippen LogP contribution in [0.2, 0.25) is 5.02 Å². The molecule has 2 rings (SSSR count). The summed E-state index contributed by atoms with van der Waals surface area (Å²) >= 11 is 7.81. The molecule has 1 aromatic carbocycles. The predicted octanol–water partition coefficient (Wildman–Crippen LogP) is 5.05. The second-order valence-electron chi connectivity index (χ2n) is 4.66. The first kappa shape index (κ1) is 14.9. The summed E-state index contributed by atoms with van der Waals surface area (Å²) in [7, 11) is 0. The fourth-order valence-electron chi connectivity index (χ4n) is 2.12. The molecular formula is C13H15ClF3NS. The van der Waals surface area contributed by atoms with Gasteiger partial charge in [0.25, 0.3) is 0 Å². The highest BCUT2D eigenvalue weighted by Gasteiger charge is 2.31. The van der Waals surface area contributed by atoms with Gasteiger partial charge in [-0.25, -0.2) is 0 Å². The molecule has 106 valence electrons. The molecule has 1 fully saturated rings. The molecule has 1 N–H and O–H groups in total. The van der Waals surface area contributed by atoms with Gasteiger partial charge in [0.1, 0.15) is 0 Å². The van der Waals surface area contributed by atoms with Gasteiger partial charge < -0.3 is 5.32 Å². The Hall–Kier alpha value is -0.550. The highest BCUT2D eigenvalue weighted by molar-refractivity contribution is 8.00.